The zero-order valence-corrected chi connectivity index (χ0v) is 13.5. The molecule has 1 heterocycles. The van der Waals surface area contributed by atoms with Gasteiger partial charge in [0.05, 0.1) is 6.61 Å². The molecule has 0 spiro atoms. The number of amides is 2. The number of carbonyl (C=O) groups is 3. The third-order valence-corrected chi connectivity index (χ3v) is 3.72. The Hall–Kier alpha value is -1.69. The third-order valence-electron chi connectivity index (χ3n) is 3.72. The average molecular weight is 309 g/mol. The number of imide groups is 1. The summed E-state index contributed by atoms with van der Waals surface area (Å²) in [5.74, 6) is -1.92. The highest BCUT2D eigenvalue weighted by Gasteiger charge is 2.55. The molecule has 6 nitrogen and oxygen atoms in total. The smallest absolute Gasteiger partial charge is 0.414 e. The van der Waals surface area contributed by atoms with E-state index >= 15 is 0 Å². The molecule has 0 aromatic heterocycles. The second-order valence-electron chi connectivity index (χ2n) is 7.01. The van der Waals surface area contributed by atoms with E-state index in [1.807, 2.05) is 6.08 Å². The Labute approximate surface area is 130 Å². The van der Waals surface area contributed by atoms with Gasteiger partial charge in [0.25, 0.3) is 0 Å². The van der Waals surface area contributed by atoms with Crippen molar-refractivity contribution in [2.75, 3.05) is 6.61 Å². The van der Waals surface area contributed by atoms with Crippen molar-refractivity contribution in [1.29, 1.82) is 0 Å². The topological polar surface area (TPSA) is 85.0 Å². The Balaban J connectivity index is 2.08. The number of ketones is 1. The van der Waals surface area contributed by atoms with Gasteiger partial charge in [0.1, 0.15) is 17.1 Å². The van der Waals surface area contributed by atoms with Crippen LogP contribution in [0.5, 0.6) is 0 Å². The second-order valence-corrected chi connectivity index (χ2v) is 7.01. The van der Waals surface area contributed by atoms with Crippen molar-refractivity contribution >= 4 is 17.8 Å². The summed E-state index contributed by atoms with van der Waals surface area (Å²) in [6.07, 6.45) is 3.45. The summed E-state index contributed by atoms with van der Waals surface area (Å²) < 4.78 is 10.3. The van der Waals surface area contributed by atoms with Gasteiger partial charge in [-0.15, -0.1) is 0 Å². The predicted molar refractivity (Wildman–Crippen MR) is 79.2 cm³/mol. The Morgan fingerprint density at radius 2 is 2.00 bits per heavy atom. The zero-order valence-electron chi connectivity index (χ0n) is 13.5. The molecule has 1 aliphatic heterocycles. The van der Waals surface area contributed by atoms with Gasteiger partial charge in [0, 0.05) is 0 Å². The molecule has 0 unspecified atom stereocenters. The van der Waals surface area contributed by atoms with Crippen molar-refractivity contribution in [3.63, 3.8) is 0 Å². The molecular formula is C16H23NO5. The molecule has 1 fully saturated rings. The Morgan fingerprint density at radius 1 is 1.36 bits per heavy atom. The van der Waals surface area contributed by atoms with Crippen LogP contribution in [0.4, 0.5) is 4.79 Å². The van der Waals surface area contributed by atoms with Gasteiger partial charge in [-0.25, -0.2) is 4.79 Å². The fourth-order valence-corrected chi connectivity index (χ4v) is 2.51. The SMILES string of the molecule is CC(C)(C)OC(=O)NC(=O)[C@H](C(=O)C1=CCCC1)[C@]1(C)CO1. The van der Waals surface area contributed by atoms with Crippen molar-refractivity contribution in [3.05, 3.63) is 11.6 Å². The van der Waals surface area contributed by atoms with Gasteiger partial charge >= 0.3 is 6.09 Å². The van der Waals surface area contributed by atoms with Crippen LogP contribution >= 0.6 is 0 Å². The molecule has 122 valence electrons. The predicted octanol–water partition coefficient (Wildman–Crippen LogP) is 2.12. The van der Waals surface area contributed by atoms with E-state index in [2.05, 4.69) is 5.32 Å². The number of epoxide rings is 1. The van der Waals surface area contributed by atoms with Gasteiger partial charge in [-0.2, -0.15) is 0 Å². The summed E-state index contributed by atoms with van der Waals surface area (Å²) in [6.45, 7) is 7.15. The molecule has 0 aromatic carbocycles. The van der Waals surface area contributed by atoms with Crippen LogP contribution < -0.4 is 5.32 Å². The second kappa shape index (κ2) is 5.83. The van der Waals surface area contributed by atoms with Crippen molar-refractivity contribution in [2.24, 2.45) is 5.92 Å². The fraction of sp³-hybridized carbons (Fsp3) is 0.688. The van der Waals surface area contributed by atoms with Crippen molar-refractivity contribution in [2.45, 2.75) is 58.2 Å². The number of alkyl carbamates (subject to hydrolysis) is 1. The monoisotopic (exact) mass is 309 g/mol. The standard InChI is InChI=1S/C16H23NO5/c1-15(2,3)22-14(20)17-13(19)11(16(4)9-21-16)12(18)10-7-5-6-8-10/h7,11H,5-6,8-9H2,1-4H3,(H,17,19,20)/t11-,16-/m0/s1. The van der Waals surface area contributed by atoms with Gasteiger partial charge in [-0.1, -0.05) is 6.08 Å². The minimum Gasteiger partial charge on any atom is -0.444 e. The van der Waals surface area contributed by atoms with Gasteiger partial charge in [-0.05, 0) is 52.5 Å². The maximum atomic E-state index is 12.6. The number of Topliss-reactive ketones (excluding diaryl/α,β-unsaturated/α-hetero) is 1. The number of hydrogen-bond acceptors (Lipinski definition) is 5. The van der Waals surface area contributed by atoms with E-state index in [0.29, 0.717) is 18.6 Å². The first-order valence-electron chi connectivity index (χ1n) is 7.53. The number of hydrogen-bond donors (Lipinski definition) is 1. The lowest BCUT2D eigenvalue weighted by Crippen LogP contribution is -2.47. The fourth-order valence-electron chi connectivity index (χ4n) is 2.51. The Bertz CT molecular complexity index is 525. The van der Waals surface area contributed by atoms with Crippen LogP contribution in [0.2, 0.25) is 0 Å². The quantitative estimate of drug-likeness (QED) is 0.635. The van der Waals surface area contributed by atoms with Crippen LogP contribution in [0, 0.1) is 5.92 Å². The highest BCUT2D eigenvalue weighted by molar-refractivity contribution is 6.13. The lowest BCUT2D eigenvalue weighted by molar-refractivity contribution is -0.134. The third kappa shape index (κ3) is 3.94. The lowest BCUT2D eigenvalue weighted by atomic mass is 9.85. The molecule has 2 atom stereocenters. The Kier molecular flexibility index (Phi) is 4.42. The lowest BCUT2D eigenvalue weighted by Gasteiger charge is -2.22. The van der Waals surface area contributed by atoms with Gasteiger partial charge in [0.2, 0.25) is 5.91 Å². The Morgan fingerprint density at radius 3 is 2.45 bits per heavy atom. The molecule has 0 saturated carbocycles. The zero-order chi connectivity index (χ0) is 16.5. The molecule has 0 bridgehead atoms. The molecule has 2 aliphatic rings. The van der Waals surface area contributed by atoms with E-state index in [0.717, 1.165) is 12.8 Å². The largest absolute Gasteiger partial charge is 0.444 e. The minimum atomic E-state index is -1.01. The van der Waals surface area contributed by atoms with Crippen LogP contribution in [0.3, 0.4) is 0 Å². The van der Waals surface area contributed by atoms with Gasteiger partial charge in [-0.3, -0.25) is 14.9 Å². The molecule has 0 radical (unpaired) electrons. The molecule has 2 amide bonds. The molecule has 0 aromatic rings. The summed E-state index contributed by atoms with van der Waals surface area (Å²) >= 11 is 0. The van der Waals surface area contributed by atoms with E-state index < -0.39 is 29.1 Å². The maximum absolute atomic E-state index is 12.6. The van der Waals surface area contributed by atoms with Gasteiger partial charge < -0.3 is 9.47 Å². The summed E-state index contributed by atoms with van der Waals surface area (Å²) in [4.78, 5) is 36.7. The first-order valence-corrected chi connectivity index (χ1v) is 7.53. The van der Waals surface area contributed by atoms with Crippen LogP contribution in [0.15, 0.2) is 11.6 Å². The average Bonchev–Trinajstić information content (AvgIpc) is 2.91. The normalized spacial score (nSPS) is 25.2. The van der Waals surface area contributed by atoms with Crippen molar-refractivity contribution in [1.82, 2.24) is 5.32 Å². The number of nitrogens with one attached hydrogen (secondary N) is 1. The van der Waals surface area contributed by atoms with E-state index in [1.54, 1.807) is 27.7 Å². The van der Waals surface area contributed by atoms with E-state index in [4.69, 9.17) is 9.47 Å². The van der Waals surface area contributed by atoms with Crippen molar-refractivity contribution in [3.8, 4) is 0 Å². The van der Waals surface area contributed by atoms with Crippen LogP contribution in [0.1, 0.15) is 47.0 Å². The van der Waals surface area contributed by atoms with Crippen LogP contribution in [-0.2, 0) is 19.1 Å². The number of ether oxygens (including phenoxy) is 2. The van der Waals surface area contributed by atoms with Crippen LogP contribution in [0.25, 0.3) is 0 Å². The molecule has 1 N–H and O–H groups in total. The first-order chi connectivity index (χ1) is 10.1. The maximum Gasteiger partial charge on any atom is 0.414 e. The summed E-state index contributed by atoms with van der Waals surface area (Å²) in [5.41, 5.74) is -0.883. The highest BCUT2D eigenvalue weighted by Crippen LogP contribution is 2.38. The van der Waals surface area contributed by atoms with E-state index in [-0.39, 0.29) is 5.78 Å². The molecule has 6 heteroatoms. The van der Waals surface area contributed by atoms with Gasteiger partial charge in [0.15, 0.2) is 5.78 Å². The van der Waals surface area contributed by atoms with E-state index in [1.165, 1.54) is 0 Å². The molecule has 1 aliphatic carbocycles. The minimum absolute atomic E-state index is 0.251. The summed E-state index contributed by atoms with van der Waals surface area (Å²) in [5, 5.41) is 2.16. The summed E-state index contributed by atoms with van der Waals surface area (Å²) in [6, 6.07) is 0. The molecular weight excluding hydrogens is 286 g/mol. The summed E-state index contributed by atoms with van der Waals surface area (Å²) in [7, 11) is 0. The molecule has 2 rings (SSSR count). The molecule has 1 saturated heterocycles. The van der Waals surface area contributed by atoms with Crippen LogP contribution in [-0.4, -0.2) is 35.6 Å². The van der Waals surface area contributed by atoms with E-state index in [9.17, 15) is 14.4 Å². The first kappa shape index (κ1) is 16.7. The highest BCUT2D eigenvalue weighted by atomic mass is 16.6. The van der Waals surface area contributed by atoms with Crippen molar-refractivity contribution < 1.29 is 23.9 Å². The molecule has 22 heavy (non-hydrogen) atoms. The number of rotatable bonds is 4. The number of allylic oxidation sites excluding steroid dienone is 2. The number of carbonyl (C=O) groups excluding carboxylic acids is 3.